The van der Waals surface area contributed by atoms with E-state index in [-0.39, 0.29) is 37.1 Å². The molecular weight excluding hydrogens is 433 g/mol. The molecule has 3 N–H and O–H groups in total. The summed E-state index contributed by atoms with van der Waals surface area (Å²) < 4.78 is 38.8. The predicted octanol–water partition coefficient (Wildman–Crippen LogP) is 4.80. The molecule has 1 saturated carbocycles. The first-order valence-electron chi connectivity index (χ1n) is 9.81. The maximum atomic E-state index is 12.9. The van der Waals surface area contributed by atoms with E-state index >= 15 is 0 Å². The van der Waals surface area contributed by atoms with E-state index in [0.717, 1.165) is 0 Å². The van der Waals surface area contributed by atoms with Crippen LogP contribution in [-0.2, 0) is 0 Å². The van der Waals surface area contributed by atoms with Gasteiger partial charge in [0.15, 0.2) is 0 Å². The number of halogens is 4. The Morgan fingerprint density at radius 2 is 1.81 bits per heavy atom. The molecule has 0 radical (unpaired) electrons. The molecule has 6 nitrogen and oxygen atoms in total. The number of amides is 1. The van der Waals surface area contributed by atoms with E-state index in [0.29, 0.717) is 29.2 Å². The van der Waals surface area contributed by atoms with Gasteiger partial charge >= 0.3 is 6.18 Å². The second-order valence-corrected chi connectivity index (χ2v) is 7.78. The summed E-state index contributed by atoms with van der Waals surface area (Å²) in [5.41, 5.74) is 0.333. The van der Waals surface area contributed by atoms with E-state index in [4.69, 9.17) is 11.6 Å². The molecule has 1 heterocycles. The van der Waals surface area contributed by atoms with Gasteiger partial charge in [0.05, 0.1) is 12.5 Å². The smallest absolute Gasteiger partial charge is 0.391 e. The van der Waals surface area contributed by atoms with E-state index in [2.05, 4.69) is 20.6 Å². The van der Waals surface area contributed by atoms with Crippen molar-refractivity contribution in [1.82, 2.24) is 10.3 Å². The van der Waals surface area contributed by atoms with Crippen LogP contribution in [0, 0.1) is 5.92 Å². The number of aromatic hydroxyl groups is 1. The van der Waals surface area contributed by atoms with Gasteiger partial charge in [-0.3, -0.25) is 4.79 Å². The zero-order chi connectivity index (χ0) is 22.4. The Kier molecular flexibility index (Phi) is 7.37. The van der Waals surface area contributed by atoms with Crippen LogP contribution in [0.3, 0.4) is 0 Å². The summed E-state index contributed by atoms with van der Waals surface area (Å²) in [7, 11) is 0. The third-order valence-corrected chi connectivity index (χ3v) is 5.31. The molecule has 1 aromatic carbocycles. The molecular formula is C21H22ClF3N4O2. The van der Waals surface area contributed by atoms with Gasteiger partial charge in [-0.15, -0.1) is 0 Å². The largest absolute Gasteiger partial charge is 0.493 e. The molecule has 1 amide bonds. The number of hydrogen-bond acceptors (Lipinski definition) is 4. The summed E-state index contributed by atoms with van der Waals surface area (Å²) in [5.74, 6) is -1.32. The standard InChI is InChI=1S/C21H22ClF3N4O2/c22-15-8-4-13(5-9-15)20(31)29-18(12-26-17-2-1-3-19(30)28-17)27-16-10-6-14(7-11-16)21(23,24)25/h1-5,8-9,14,16H,6-7,10-12H2,(H2,26,28,30)(H,27,29,31). The number of nitrogens with zero attached hydrogens (tertiary/aromatic N) is 2. The topological polar surface area (TPSA) is 86.6 Å². The number of carbonyl (C=O) groups excluding carboxylic acids is 1. The fourth-order valence-corrected chi connectivity index (χ4v) is 3.53. The van der Waals surface area contributed by atoms with Crippen LogP contribution in [0.5, 0.6) is 5.88 Å². The maximum absolute atomic E-state index is 12.9. The Hall–Kier alpha value is -2.81. The van der Waals surface area contributed by atoms with Gasteiger partial charge < -0.3 is 15.7 Å². The lowest BCUT2D eigenvalue weighted by Gasteiger charge is -2.31. The summed E-state index contributed by atoms with van der Waals surface area (Å²) >= 11 is 5.85. The van der Waals surface area contributed by atoms with E-state index in [1.165, 1.54) is 6.07 Å². The number of anilines is 1. The number of benzene rings is 1. The number of carbonyl (C=O) groups is 1. The van der Waals surface area contributed by atoms with E-state index in [1.54, 1.807) is 36.4 Å². The fraction of sp³-hybridized carbons (Fsp3) is 0.381. The molecule has 3 rings (SSSR count). The van der Waals surface area contributed by atoms with Gasteiger partial charge in [0.2, 0.25) is 5.88 Å². The molecule has 166 valence electrons. The number of rotatable bonds is 5. The molecule has 0 aliphatic heterocycles. The molecule has 0 atom stereocenters. The Morgan fingerprint density at radius 1 is 1.13 bits per heavy atom. The molecule has 1 aliphatic carbocycles. The molecule has 31 heavy (non-hydrogen) atoms. The summed E-state index contributed by atoms with van der Waals surface area (Å²) in [4.78, 5) is 20.6. The van der Waals surface area contributed by atoms with Crippen molar-refractivity contribution >= 4 is 29.2 Å². The molecule has 10 heteroatoms. The van der Waals surface area contributed by atoms with Gasteiger partial charge in [-0.25, -0.2) is 0 Å². The molecule has 1 aliphatic rings. The lowest BCUT2D eigenvalue weighted by Crippen LogP contribution is -2.42. The van der Waals surface area contributed by atoms with Gasteiger partial charge in [-0.1, -0.05) is 17.7 Å². The second-order valence-electron chi connectivity index (χ2n) is 7.34. The molecule has 0 unspecified atom stereocenters. The third kappa shape index (κ3) is 6.85. The zero-order valence-corrected chi connectivity index (χ0v) is 17.2. The molecule has 0 spiro atoms. The van der Waals surface area contributed by atoms with Crippen LogP contribution < -0.4 is 10.6 Å². The molecule has 0 bridgehead atoms. The van der Waals surface area contributed by atoms with Crippen molar-refractivity contribution < 1.29 is 23.1 Å². The van der Waals surface area contributed by atoms with Crippen LogP contribution in [0.15, 0.2) is 47.5 Å². The van der Waals surface area contributed by atoms with Gasteiger partial charge in [0.1, 0.15) is 11.7 Å². The van der Waals surface area contributed by atoms with E-state index < -0.39 is 18.0 Å². The summed E-state index contributed by atoms with van der Waals surface area (Å²) in [5, 5.41) is 16.0. The minimum absolute atomic E-state index is 0.0289. The van der Waals surface area contributed by atoms with Gasteiger partial charge in [-0.2, -0.15) is 23.1 Å². The highest BCUT2D eigenvalue weighted by Gasteiger charge is 2.41. The zero-order valence-electron chi connectivity index (χ0n) is 16.5. The summed E-state index contributed by atoms with van der Waals surface area (Å²) in [6.45, 7) is 0.0784. The lowest BCUT2D eigenvalue weighted by molar-refractivity contribution is -0.182. The highest BCUT2D eigenvalue weighted by Crippen LogP contribution is 2.37. The number of amidine groups is 1. The van der Waals surface area contributed by atoms with Crippen LogP contribution in [0.25, 0.3) is 0 Å². The minimum atomic E-state index is -4.19. The average molecular weight is 455 g/mol. The normalized spacial score (nSPS) is 19.7. The minimum Gasteiger partial charge on any atom is -0.493 e. The van der Waals surface area contributed by atoms with Crippen LogP contribution >= 0.6 is 11.6 Å². The Morgan fingerprint density at radius 3 is 2.42 bits per heavy atom. The Balaban J connectivity index is 1.70. The van der Waals surface area contributed by atoms with E-state index in [1.807, 2.05) is 0 Å². The number of pyridine rings is 1. The van der Waals surface area contributed by atoms with E-state index in [9.17, 15) is 23.1 Å². The van der Waals surface area contributed by atoms with Crippen molar-refractivity contribution in [2.45, 2.75) is 37.9 Å². The number of hydrogen-bond donors (Lipinski definition) is 3. The van der Waals surface area contributed by atoms with Crippen molar-refractivity contribution in [1.29, 1.82) is 0 Å². The Bertz CT molecular complexity index is 927. The molecule has 1 aromatic heterocycles. The number of aromatic nitrogens is 1. The number of nitrogens with one attached hydrogen (secondary N) is 2. The summed E-state index contributed by atoms with van der Waals surface area (Å²) in [6, 6.07) is 10.7. The number of alkyl halides is 3. The highest BCUT2D eigenvalue weighted by molar-refractivity contribution is 6.30. The SMILES string of the molecule is O=C(/N=C(\CNc1cccc(O)n1)NC1CCC(C(F)(F)F)CC1)c1ccc(Cl)cc1. The van der Waals surface area contributed by atoms with Crippen molar-refractivity contribution in [2.24, 2.45) is 10.9 Å². The Labute approximate surface area is 182 Å². The first-order valence-corrected chi connectivity index (χ1v) is 10.2. The molecule has 0 saturated heterocycles. The third-order valence-electron chi connectivity index (χ3n) is 5.06. The summed E-state index contributed by atoms with van der Waals surface area (Å²) in [6.07, 6.45) is -3.48. The van der Waals surface area contributed by atoms with Gasteiger partial charge in [0.25, 0.3) is 5.91 Å². The van der Waals surface area contributed by atoms with Crippen molar-refractivity contribution in [3.8, 4) is 5.88 Å². The van der Waals surface area contributed by atoms with Crippen molar-refractivity contribution in [2.75, 3.05) is 11.9 Å². The quantitative estimate of drug-likeness (QED) is 0.446. The monoisotopic (exact) mass is 454 g/mol. The first kappa shape index (κ1) is 22.9. The van der Waals surface area contributed by atoms with Gasteiger partial charge in [-0.05, 0) is 56.0 Å². The van der Waals surface area contributed by atoms with Crippen LogP contribution in [-0.4, -0.2) is 40.6 Å². The molecule has 2 aromatic rings. The van der Waals surface area contributed by atoms with Crippen LogP contribution in [0.1, 0.15) is 36.0 Å². The average Bonchev–Trinajstić information content (AvgIpc) is 2.72. The highest BCUT2D eigenvalue weighted by atomic mass is 35.5. The van der Waals surface area contributed by atoms with Crippen LogP contribution in [0.2, 0.25) is 5.02 Å². The first-order chi connectivity index (χ1) is 14.7. The van der Waals surface area contributed by atoms with Gasteiger partial charge in [0, 0.05) is 22.7 Å². The maximum Gasteiger partial charge on any atom is 0.391 e. The lowest BCUT2D eigenvalue weighted by atomic mass is 9.85. The fourth-order valence-electron chi connectivity index (χ4n) is 3.40. The predicted molar refractivity (Wildman–Crippen MR) is 113 cm³/mol. The second kappa shape index (κ2) is 10.00. The van der Waals surface area contributed by atoms with Crippen LogP contribution in [0.4, 0.5) is 19.0 Å². The van der Waals surface area contributed by atoms with Crippen molar-refractivity contribution in [3.63, 3.8) is 0 Å². The number of aliphatic imine (C=N–C) groups is 1. The molecule has 1 fully saturated rings. The van der Waals surface area contributed by atoms with Crippen molar-refractivity contribution in [3.05, 3.63) is 53.1 Å².